The van der Waals surface area contributed by atoms with Crippen LogP contribution in [0.2, 0.25) is 5.04 Å². The molecule has 2 rings (SSSR count). The molecule has 6 heteroatoms. The van der Waals surface area contributed by atoms with Crippen LogP contribution in [0.4, 0.5) is 0 Å². The molecule has 1 N–H and O–H groups in total. The normalized spacial score (nSPS) is 15.9. The van der Waals surface area contributed by atoms with Crippen molar-refractivity contribution < 1.29 is 19.1 Å². The minimum Gasteiger partial charge on any atom is -0.404 e. The molecule has 0 bridgehead atoms. The Kier molecular flexibility index (Phi) is 11.8. The highest BCUT2D eigenvalue weighted by Crippen LogP contribution is 2.36. The highest BCUT2D eigenvalue weighted by Gasteiger charge is 2.49. The van der Waals surface area contributed by atoms with Gasteiger partial charge < -0.3 is 14.3 Å². The number of halogens is 1. The maximum absolute atomic E-state index is 12.3. The summed E-state index contributed by atoms with van der Waals surface area (Å²) < 4.78 is 14.5. The van der Waals surface area contributed by atoms with Gasteiger partial charge >= 0.3 is 0 Å². The van der Waals surface area contributed by atoms with E-state index < -0.39 is 14.4 Å². The standard InChI is InChI=1S/C30H41IO4Si/c1-22(29(34-7)24(3)28(33)20-27(32)23(2)21-31)18-19-35-36(30(4,5)6,25-14-10-8-11-15-25)26-16-12-9-13-17-26/h8-18,21,24,28-29,33H,19-20H2,1-7H3/b22-18+,23-21+/t24-,28-,29-/m0/s1. The average Bonchev–Trinajstić information content (AvgIpc) is 2.86. The molecule has 3 atom stereocenters. The Balaban J connectivity index is 2.33. The van der Waals surface area contributed by atoms with Crippen molar-refractivity contribution in [1.82, 2.24) is 0 Å². The smallest absolute Gasteiger partial charge is 0.261 e. The van der Waals surface area contributed by atoms with Crippen molar-refractivity contribution in [3.63, 3.8) is 0 Å². The number of carbonyl (C=O) groups excluding carboxylic acids is 1. The molecule has 0 saturated carbocycles. The third kappa shape index (κ3) is 7.25. The van der Waals surface area contributed by atoms with Gasteiger partial charge in [-0.1, -0.05) is 117 Å². The Morgan fingerprint density at radius 1 is 1.03 bits per heavy atom. The second-order valence-electron chi connectivity index (χ2n) is 10.4. The molecule has 0 heterocycles. The zero-order valence-electron chi connectivity index (χ0n) is 22.6. The number of Topliss-reactive ketones (excluding diaryl/α,β-unsaturated/α-hetero) is 1. The number of ketones is 1. The van der Waals surface area contributed by atoms with Gasteiger partial charge in [-0.05, 0) is 44.5 Å². The SMILES string of the molecule is CO[C@@H](/C(C)=C/CO[Si](c1ccccc1)(c1ccccc1)C(C)(C)C)[C@@H](C)[C@@H](O)CC(=O)/C(C)=C/I. The molecule has 196 valence electrons. The van der Waals surface area contributed by atoms with Crippen molar-refractivity contribution >= 4 is 47.1 Å². The number of benzene rings is 2. The van der Waals surface area contributed by atoms with Crippen LogP contribution in [0.3, 0.4) is 0 Å². The van der Waals surface area contributed by atoms with Crippen molar-refractivity contribution in [1.29, 1.82) is 0 Å². The first-order valence-electron chi connectivity index (χ1n) is 12.4. The number of aliphatic hydroxyl groups is 1. The van der Waals surface area contributed by atoms with E-state index in [1.54, 1.807) is 18.1 Å². The molecular weight excluding hydrogens is 579 g/mol. The summed E-state index contributed by atoms with van der Waals surface area (Å²) in [6.07, 6.45) is 1.03. The second kappa shape index (κ2) is 13.8. The van der Waals surface area contributed by atoms with Gasteiger partial charge in [0.05, 0.1) is 18.8 Å². The molecule has 0 saturated heterocycles. The number of hydrogen-bond donors (Lipinski definition) is 1. The minimum absolute atomic E-state index is 0.0461. The van der Waals surface area contributed by atoms with Gasteiger partial charge in [0.15, 0.2) is 5.78 Å². The Hall–Kier alpha value is -1.58. The highest BCUT2D eigenvalue weighted by molar-refractivity contribution is 14.1. The Labute approximate surface area is 232 Å². The maximum atomic E-state index is 12.3. The van der Waals surface area contributed by atoms with E-state index in [0.29, 0.717) is 12.2 Å². The monoisotopic (exact) mass is 620 g/mol. The summed E-state index contributed by atoms with van der Waals surface area (Å²) >= 11 is 2.05. The molecule has 4 nitrogen and oxygen atoms in total. The molecule has 0 aliphatic carbocycles. The summed E-state index contributed by atoms with van der Waals surface area (Å²) in [6.45, 7) is 12.9. The van der Waals surface area contributed by atoms with Gasteiger partial charge in [-0.3, -0.25) is 4.79 Å². The molecule has 36 heavy (non-hydrogen) atoms. The zero-order chi connectivity index (χ0) is 26.9. The fourth-order valence-corrected chi connectivity index (χ4v) is 9.63. The topological polar surface area (TPSA) is 55.8 Å². The number of methoxy groups -OCH3 is 1. The Bertz CT molecular complexity index is 988. The number of allylic oxidation sites excluding steroid dienone is 1. The van der Waals surface area contributed by atoms with E-state index in [1.165, 1.54) is 10.4 Å². The summed E-state index contributed by atoms with van der Waals surface area (Å²) in [6, 6.07) is 21.1. The summed E-state index contributed by atoms with van der Waals surface area (Å²) in [7, 11) is -0.990. The average molecular weight is 621 g/mol. The van der Waals surface area contributed by atoms with E-state index in [1.807, 2.05) is 26.0 Å². The molecule has 0 aromatic heterocycles. The maximum Gasteiger partial charge on any atom is 0.261 e. The van der Waals surface area contributed by atoms with Crippen LogP contribution in [0, 0.1) is 5.92 Å². The third-order valence-corrected chi connectivity index (χ3v) is 12.8. The van der Waals surface area contributed by atoms with E-state index in [0.717, 1.165) is 5.57 Å². The summed E-state index contributed by atoms with van der Waals surface area (Å²) in [5, 5.41) is 13.1. The number of hydrogen-bond acceptors (Lipinski definition) is 4. The van der Waals surface area contributed by atoms with Crippen LogP contribution in [0.25, 0.3) is 0 Å². The number of aliphatic hydroxyl groups excluding tert-OH is 1. The first-order valence-corrected chi connectivity index (χ1v) is 15.6. The Morgan fingerprint density at radius 3 is 1.94 bits per heavy atom. The number of ether oxygens (including phenoxy) is 1. The number of rotatable bonds is 12. The van der Waals surface area contributed by atoms with Crippen LogP contribution in [-0.4, -0.2) is 45.1 Å². The van der Waals surface area contributed by atoms with Crippen LogP contribution in [0.1, 0.15) is 48.0 Å². The van der Waals surface area contributed by atoms with Gasteiger partial charge in [0, 0.05) is 19.4 Å². The van der Waals surface area contributed by atoms with Crippen molar-refractivity contribution in [3.8, 4) is 0 Å². The first kappa shape index (κ1) is 30.6. The van der Waals surface area contributed by atoms with Gasteiger partial charge in [0.1, 0.15) is 0 Å². The molecule has 0 unspecified atom stereocenters. The van der Waals surface area contributed by atoms with Crippen LogP contribution < -0.4 is 10.4 Å². The van der Waals surface area contributed by atoms with Crippen molar-refractivity contribution in [2.75, 3.05) is 13.7 Å². The molecule has 2 aromatic rings. The lowest BCUT2D eigenvalue weighted by Crippen LogP contribution is -2.66. The van der Waals surface area contributed by atoms with Crippen molar-refractivity contribution in [2.45, 2.75) is 65.2 Å². The van der Waals surface area contributed by atoms with Crippen molar-refractivity contribution in [2.24, 2.45) is 5.92 Å². The van der Waals surface area contributed by atoms with Crippen LogP contribution in [0.5, 0.6) is 0 Å². The van der Waals surface area contributed by atoms with Crippen LogP contribution >= 0.6 is 22.6 Å². The lowest BCUT2D eigenvalue weighted by molar-refractivity contribution is -0.118. The molecule has 0 amide bonds. The van der Waals surface area contributed by atoms with E-state index in [2.05, 4.69) is 98.0 Å². The predicted octanol–water partition coefficient (Wildman–Crippen LogP) is 5.82. The van der Waals surface area contributed by atoms with Gasteiger partial charge in [-0.2, -0.15) is 0 Å². The fraction of sp³-hybridized carbons (Fsp3) is 0.433. The molecule has 2 aromatic carbocycles. The van der Waals surface area contributed by atoms with Gasteiger partial charge in [0.2, 0.25) is 0 Å². The minimum atomic E-state index is -2.64. The molecule has 0 aliphatic rings. The van der Waals surface area contributed by atoms with Gasteiger partial charge in [-0.15, -0.1) is 0 Å². The number of carbonyl (C=O) groups is 1. The molecule has 0 fully saturated rings. The lowest BCUT2D eigenvalue weighted by atomic mass is 9.89. The molecule has 0 aliphatic heterocycles. The molecular formula is C30H41IO4Si. The fourth-order valence-electron chi connectivity index (χ4n) is 4.79. The summed E-state index contributed by atoms with van der Waals surface area (Å²) in [5.74, 6) is -0.291. The van der Waals surface area contributed by atoms with E-state index in [9.17, 15) is 9.90 Å². The Morgan fingerprint density at radius 2 is 1.53 bits per heavy atom. The largest absolute Gasteiger partial charge is 0.404 e. The van der Waals surface area contributed by atoms with E-state index in [4.69, 9.17) is 9.16 Å². The van der Waals surface area contributed by atoms with Crippen LogP contribution in [-0.2, 0) is 14.0 Å². The van der Waals surface area contributed by atoms with E-state index >= 15 is 0 Å². The third-order valence-electron chi connectivity index (χ3n) is 6.91. The predicted molar refractivity (Wildman–Crippen MR) is 161 cm³/mol. The zero-order valence-corrected chi connectivity index (χ0v) is 25.8. The summed E-state index contributed by atoms with van der Waals surface area (Å²) in [4.78, 5) is 12.3. The lowest BCUT2D eigenvalue weighted by Gasteiger charge is -2.43. The van der Waals surface area contributed by atoms with Gasteiger partial charge in [0.25, 0.3) is 8.32 Å². The first-order chi connectivity index (χ1) is 17.0. The van der Waals surface area contributed by atoms with E-state index in [-0.39, 0.29) is 29.3 Å². The summed E-state index contributed by atoms with van der Waals surface area (Å²) in [5.41, 5.74) is 1.64. The second-order valence-corrected chi connectivity index (χ2v) is 15.4. The quantitative estimate of drug-likeness (QED) is 0.141. The van der Waals surface area contributed by atoms with Crippen molar-refractivity contribution in [3.05, 3.63) is 82.0 Å². The highest BCUT2D eigenvalue weighted by atomic mass is 127. The van der Waals surface area contributed by atoms with Gasteiger partial charge in [-0.25, -0.2) is 0 Å². The molecule has 0 radical (unpaired) electrons. The molecule has 0 spiro atoms. The van der Waals surface area contributed by atoms with Crippen LogP contribution in [0.15, 0.2) is 82.0 Å².